The molecule has 0 spiro atoms. The molecule has 3 unspecified atom stereocenters. The standard InChI is InChI=1S/C7H16NP/c1-6-2-3-7(9)8-5-4-6/h6-8H,2-5,9H2,1H3. The van der Waals surface area contributed by atoms with Gasteiger partial charge in [0.2, 0.25) is 0 Å². The molecule has 0 amide bonds. The van der Waals surface area contributed by atoms with E-state index in [2.05, 4.69) is 21.5 Å². The van der Waals surface area contributed by atoms with Crippen LogP contribution in [-0.2, 0) is 0 Å². The van der Waals surface area contributed by atoms with Crippen LogP contribution in [0.1, 0.15) is 26.2 Å². The first-order valence-corrected chi connectivity index (χ1v) is 4.44. The van der Waals surface area contributed by atoms with Gasteiger partial charge in [0.25, 0.3) is 0 Å². The van der Waals surface area contributed by atoms with E-state index in [9.17, 15) is 0 Å². The Balaban J connectivity index is 2.25. The van der Waals surface area contributed by atoms with Crippen LogP contribution in [0.25, 0.3) is 0 Å². The fraction of sp³-hybridized carbons (Fsp3) is 1.00. The second kappa shape index (κ2) is 3.53. The summed E-state index contributed by atoms with van der Waals surface area (Å²) in [7, 11) is 2.84. The molecule has 1 fully saturated rings. The fourth-order valence-corrected chi connectivity index (χ4v) is 1.58. The van der Waals surface area contributed by atoms with Crippen LogP contribution in [0.3, 0.4) is 0 Å². The molecule has 9 heavy (non-hydrogen) atoms. The van der Waals surface area contributed by atoms with Gasteiger partial charge in [0.1, 0.15) is 0 Å². The average molecular weight is 145 g/mol. The van der Waals surface area contributed by atoms with Crippen molar-refractivity contribution in [3.05, 3.63) is 0 Å². The lowest BCUT2D eigenvalue weighted by Crippen LogP contribution is -2.21. The molecule has 1 aliphatic rings. The van der Waals surface area contributed by atoms with Gasteiger partial charge >= 0.3 is 0 Å². The molecule has 1 N–H and O–H groups in total. The van der Waals surface area contributed by atoms with E-state index in [0.717, 1.165) is 5.92 Å². The molecule has 1 aliphatic heterocycles. The molecule has 1 nitrogen and oxygen atoms in total. The van der Waals surface area contributed by atoms with E-state index in [1.165, 1.54) is 25.8 Å². The van der Waals surface area contributed by atoms with Crippen molar-refractivity contribution in [3.63, 3.8) is 0 Å². The summed E-state index contributed by atoms with van der Waals surface area (Å²) < 4.78 is 0. The molecule has 0 aromatic heterocycles. The molecule has 0 aromatic rings. The highest BCUT2D eigenvalue weighted by Gasteiger charge is 2.10. The number of hydrogen-bond donors (Lipinski definition) is 1. The van der Waals surface area contributed by atoms with Crippen LogP contribution in [0.5, 0.6) is 0 Å². The Bertz CT molecular complexity index is 75.0. The quantitative estimate of drug-likeness (QED) is 0.510. The minimum atomic E-state index is 0.676. The third-order valence-corrected chi connectivity index (χ3v) is 2.58. The van der Waals surface area contributed by atoms with Gasteiger partial charge in [0.15, 0.2) is 0 Å². The van der Waals surface area contributed by atoms with Gasteiger partial charge in [-0.1, -0.05) is 6.92 Å². The summed E-state index contributed by atoms with van der Waals surface area (Å²) >= 11 is 0. The Morgan fingerprint density at radius 2 is 2.11 bits per heavy atom. The number of hydrogen-bond acceptors (Lipinski definition) is 1. The zero-order valence-corrected chi connectivity index (χ0v) is 7.22. The minimum absolute atomic E-state index is 0.676. The first-order valence-electron chi connectivity index (χ1n) is 3.78. The summed E-state index contributed by atoms with van der Waals surface area (Å²) in [5, 5.41) is 3.44. The van der Waals surface area contributed by atoms with Crippen molar-refractivity contribution in [3.8, 4) is 0 Å². The lowest BCUT2D eigenvalue weighted by Gasteiger charge is -2.06. The third-order valence-electron chi connectivity index (χ3n) is 2.01. The van der Waals surface area contributed by atoms with E-state index in [1.807, 2.05) is 0 Å². The van der Waals surface area contributed by atoms with E-state index in [0.29, 0.717) is 5.78 Å². The highest BCUT2D eigenvalue weighted by molar-refractivity contribution is 7.17. The lowest BCUT2D eigenvalue weighted by atomic mass is 10.0. The smallest absolute Gasteiger partial charge is 0.0211 e. The van der Waals surface area contributed by atoms with Crippen molar-refractivity contribution in [1.29, 1.82) is 0 Å². The van der Waals surface area contributed by atoms with E-state index in [-0.39, 0.29) is 0 Å². The van der Waals surface area contributed by atoms with E-state index in [1.54, 1.807) is 0 Å². The van der Waals surface area contributed by atoms with Gasteiger partial charge in [-0.3, -0.25) is 0 Å². The van der Waals surface area contributed by atoms with Crippen LogP contribution in [0.15, 0.2) is 0 Å². The first kappa shape index (κ1) is 7.50. The summed E-state index contributed by atoms with van der Waals surface area (Å²) in [6.07, 6.45) is 4.07. The van der Waals surface area contributed by atoms with Crippen molar-refractivity contribution in [2.75, 3.05) is 6.54 Å². The van der Waals surface area contributed by atoms with Crippen LogP contribution >= 0.6 is 9.24 Å². The van der Waals surface area contributed by atoms with Crippen LogP contribution < -0.4 is 5.32 Å². The largest absolute Gasteiger partial charge is 0.311 e. The van der Waals surface area contributed by atoms with Gasteiger partial charge in [0.05, 0.1) is 0 Å². The molecule has 1 heterocycles. The second-order valence-electron chi connectivity index (χ2n) is 3.03. The summed E-state index contributed by atoms with van der Waals surface area (Å²) in [4.78, 5) is 0. The maximum absolute atomic E-state index is 3.44. The number of nitrogens with one attached hydrogen (secondary N) is 1. The molecule has 0 aromatic carbocycles. The predicted molar refractivity (Wildman–Crippen MR) is 44.5 cm³/mol. The lowest BCUT2D eigenvalue weighted by molar-refractivity contribution is 0.518. The van der Waals surface area contributed by atoms with E-state index >= 15 is 0 Å². The maximum Gasteiger partial charge on any atom is 0.0211 e. The Labute approximate surface area is 59.8 Å². The average Bonchev–Trinajstić information content (AvgIpc) is 1.97. The Hall–Kier alpha value is 0.390. The molecule has 2 heteroatoms. The third kappa shape index (κ3) is 2.64. The molecular formula is C7H16NP. The van der Waals surface area contributed by atoms with Gasteiger partial charge in [-0.25, -0.2) is 0 Å². The molecule has 0 saturated carbocycles. The van der Waals surface area contributed by atoms with Crippen LogP contribution in [0, 0.1) is 5.92 Å². The van der Waals surface area contributed by atoms with Crippen LogP contribution in [-0.4, -0.2) is 12.3 Å². The molecule has 0 radical (unpaired) electrons. The topological polar surface area (TPSA) is 12.0 Å². The molecule has 3 atom stereocenters. The Kier molecular flexibility index (Phi) is 2.94. The Morgan fingerprint density at radius 3 is 2.89 bits per heavy atom. The minimum Gasteiger partial charge on any atom is -0.311 e. The zero-order valence-electron chi connectivity index (χ0n) is 6.06. The van der Waals surface area contributed by atoms with Crippen molar-refractivity contribution in [2.24, 2.45) is 5.92 Å². The van der Waals surface area contributed by atoms with Gasteiger partial charge in [0, 0.05) is 5.78 Å². The molecular weight excluding hydrogens is 129 g/mol. The Morgan fingerprint density at radius 1 is 1.33 bits per heavy atom. The first-order chi connectivity index (χ1) is 4.29. The van der Waals surface area contributed by atoms with E-state index in [4.69, 9.17) is 0 Å². The molecule has 1 rings (SSSR count). The van der Waals surface area contributed by atoms with E-state index < -0.39 is 0 Å². The highest BCUT2D eigenvalue weighted by atomic mass is 31.0. The van der Waals surface area contributed by atoms with Crippen molar-refractivity contribution in [2.45, 2.75) is 32.0 Å². The normalized spacial score (nSPS) is 38.0. The molecule has 0 aliphatic carbocycles. The molecule has 1 saturated heterocycles. The van der Waals surface area contributed by atoms with Crippen molar-refractivity contribution >= 4 is 9.24 Å². The maximum atomic E-state index is 3.44. The summed E-state index contributed by atoms with van der Waals surface area (Å²) in [5.74, 6) is 1.61. The SMILES string of the molecule is CC1CCNC(P)CC1. The second-order valence-corrected chi connectivity index (χ2v) is 3.84. The van der Waals surface area contributed by atoms with Gasteiger partial charge in [-0.2, -0.15) is 0 Å². The van der Waals surface area contributed by atoms with Crippen LogP contribution in [0.4, 0.5) is 0 Å². The number of rotatable bonds is 0. The molecule has 0 bridgehead atoms. The van der Waals surface area contributed by atoms with Crippen molar-refractivity contribution < 1.29 is 0 Å². The van der Waals surface area contributed by atoms with Crippen LogP contribution in [0.2, 0.25) is 0 Å². The zero-order chi connectivity index (χ0) is 6.69. The molecule has 54 valence electrons. The van der Waals surface area contributed by atoms with Gasteiger partial charge in [-0.05, 0) is 31.7 Å². The monoisotopic (exact) mass is 145 g/mol. The summed E-state index contributed by atoms with van der Waals surface area (Å²) in [5.41, 5.74) is 0. The highest BCUT2D eigenvalue weighted by Crippen LogP contribution is 2.17. The predicted octanol–water partition coefficient (Wildman–Crippen LogP) is 1.60. The fourth-order valence-electron chi connectivity index (χ4n) is 1.23. The summed E-state index contributed by atoms with van der Waals surface area (Å²) in [6.45, 7) is 3.54. The van der Waals surface area contributed by atoms with Crippen molar-refractivity contribution in [1.82, 2.24) is 5.32 Å². The summed E-state index contributed by atoms with van der Waals surface area (Å²) in [6, 6.07) is 0. The van der Waals surface area contributed by atoms with Gasteiger partial charge in [-0.15, -0.1) is 9.24 Å². The van der Waals surface area contributed by atoms with Gasteiger partial charge < -0.3 is 5.32 Å².